The molecule has 2 N–H and O–H groups in total. The van der Waals surface area contributed by atoms with Crippen LogP contribution in [0.5, 0.6) is 0 Å². The molecule has 1 aromatic carbocycles. The van der Waals surface area contributed by atoms with Crippen molar-refractivity contribution in [1.29, 1.82) is 0 Å². The molecule has 0 atom stereocenters. The fourth-order valence-corrected chi connectivity index (χ4v) is 2.72. The van der Waals surface area contributed by atoms with Crippen LogP contribution in [0.1, 0.15) is 6.92 Å². The van der Waals surface area contributed by atoms with Crippen molar-refractivity contribution >= 4 is 31.9 Å². The second-order valence-corrected chi connectivity index (χ2v) is 5.92. The molecule has 0 unspecified atom stereocenters. The zero-order valence-electron chi connectivity index (χ0n) is 9.23. The smallest absolute Gasteiger partial charge is 0.241 e. The molecule has 1 amide bonds. The number of hydrogen-bond acceptors (Lipinski definition) is 3. The van der Waals surface area contributed by atoms with Crippen LogP contribution in [-0.2, 0) is 14.8 Å². The molecule has 0 spiro atoms. The minimum Gasteiger partial charge on any atom is -0.355 e. The van der Waals surface area contributed by atoms with Gasteiger partial charge in [0.25, 0.3) is 0 Å². The minimum atomic E-state index is -3.64. The van der Waals surface area contributed by atoms with E-state index in [4.69, 9.17) is 0 Å². The van der Waals surface area contributed by atoms with Crippen LogP contribution in [0.4, 0.5) is 0 Å². The van der Waals surface area contributed by atoms with Gasteiger partial charge in [-0.25, -0.2) is 13.1 Å². The van der Waals surface area contributed by atoms with Gasteiger partial charge in [-0.1, -0.05) is 22.0 Å². The van der Waals surface area contributed by atoms with Crippen molar-refractivity contribution in [3.8, 4) is 0 Å². The third-order valence-electron chi connectivity index (χ3n) is 1.90. The van der Waals surface area contributed by atoms with Crippen molar-refractivity contribution in [3.63, 3.8) is 0 Å². The number of rotatable bonds is 5. The molecule has 0 fully saturated rings. The third kappa shape index (κ3) is 4.45. The summed E-state index contributed by atoms with van der Waals surface area (Å²) in [5.41, 5.74) is 0. The molecule has 0 aromatic heterocycles. The lowest BCUT2D eigenvalue weighted by atomic mass is 10.4. The Morgan fingerprint density at radius 3 is 2.71 bits per heavy atom. The number of nitrogens with one attached hydrogen (secondary N) is 2. The summed E-state index contributed by atoms with van der Waals surface area (Å²) in [6.45, 7) is 1.97. The second-order valence-electron chi connectivity index (χ2n) is 3.24. The van der Waals surface area contributed by atoms with Crippen LogP contribution in [0.15, 0.2) is 33.6 Å². The van der Waals surface area contributed by atoms with E-state index < -0.39 is 10.0 Å². The van der Waals surface area contributed by atoms with E-state index in [1.165, 1.54) is 12.1 Å². The van der Waals surface area contributed by atoms with Crippen LogP contribution in [0, 0.1) is 0 Å². The maximum absolute atomic E-state index is 11.8. The molecule has 0 heterocycles. The molecule has 0 bridgehead atoms. The summed E-state index contributed by atoms with van der Waals surface area (Å²) in [5.74, 6) is -0.355. The van der Waals surface area contributed by atoms with Gasteiger partial charge >= 0.3 is 0 Å². The lowest BCUT2D eigenvalue weighted by Crippen LogP contribution is -2.36. The highest BCUT2D eigenvalue weighted by Crippen LogP contribution is 2.15. The van der Waals surface area contributed by atoms with E-state index in [1.54, 1.807) is 19.1 Å². The Labute approximate surface area is 109 Å². The number of carbonyl (C=O) groups is 1. The normalized spacial score (nSPS) is 11.2. The zero-order valence-corrected chi connectivity index (χ0v) is 11.6. The molecule has 17 heavy (non-hydrogen) atoms. The standard InChI is InChI=1S/C10H13BrN2O3S/c1-2-12-10(14)7-13-17(15,16)9-5-3-4-8(11)6-9/h3-6,13H,2,7H2,1H3,(H,12,14). The highest BCUT2D eigenvalue weighted by atomic mass is 79.9. The van der Waals surface area contributed by atoms with Crippen molar-refractivity contribution in [1.82, 2.24) is 10.0 Å². The van der Waals surface area contributed by atoms with E-state index in [2.05, 4.69) is 26.0 Å². The van der Waals surface area contributed by atoms with Crippen molar-refractivity contribution in [2.75, 3.05) is 13.1 Å². The van der Waals surface area contributed by atoms with Crippen molar-refractivity contribution in [3.05, 3.63) is 28.7 Å². The van der Waals surface area contributed by atoms with Crippen LogP contribution in [0.2, 0.25) is 0 Å². The van der Waals surface area contributed by atoms with E-state index in [9.17, 15) is 13.2 Å². The van der Waals surface area contributed by atoms with Crippen LogP contribution < -0.4 is 10.0 Å². The Balaban J connectivity index is 2.73. The Hall–Kier alpha value is -0.920. The Morgan fingerprint density at radius 1 is 1.41 bits per heavy atom. The van der Waals surface area contributed by atoms with Crippen LogP contribution in [0.3, 0.4) is 0 Å². The highest BCUT2D eigenvalue weighted by molar-refractivity contribution is 9.10. The van der Waals surface area contributed by atoms with Crippen molar-refractivity contribution < 1.29 is 13.2 Å². The van der Waals surface area contributed by atoms with E-state index in [0.29, 0.717) is 11.0 Å². The molecule has 0 aliphatic rings. The topological polar surface area (TPSA) is 75.3 Å². The fraction of sp³-hybridized carbons (Fsp3) is 0.300. The molecule has 0 aliphatic carbocycles. The van der Waals surface area contributed by atoms with E-state index in [-0.39, 0.29) is 17.3 Å². The number of halogens is 1. The Morgan fingerprint density at radius 2 is 2.12 bits per heavy atom. The monoisotopic (exact) mass is 320 g/mol. The summed E-state index contributed by atoms with van der Waals surface area (Å²) in [6.07, 6.45) is 0. The average molecular weight is 321 g/mol. The van der Waals surface area contributed by atoms with Gasteiger partial charge < -0.3 is 5.32 Å². The summed E-state index contributed by atoms with van der Waals surface area (Å²) in [5, 5.41) is 2.51. The number of hydrogen-bond donors (Lipinski definition) is 2. The average Bonchev–Trinajstić information content (AvgIpc) is 2.27. The van der Waals surface area contributed by atoms with Crippen LogP contribution in [-0.4, -0.2) is 27.4 Å². The zero-order chi connectivity index (χ0) is 12.9. The number of benzene rings is 1. The molecule has 1 aromatic rings. The number of amides is 1. The maximum atomic E-state index is 11.8. The molecule has 0 radical (unpaired) electrons. The molecule has 0 saturated carbocycles. The number of likely N-dealkylation sites (N-methyl/N-ethyl adjacent to an activating group) is 1. The predicted octanol–water partition coefficient (Wildman–Crippen LogP) is 0.864. The molecular formula is C10H13BrN2O3S. The highest BCUT2D eigenvalue weighted by Gasteiger charge is 2.15. The first-order valence-corrected chi connectivity index (χ1v) is 7.25. The third-order valence-corrected chi connectivity index (χ3v) is 3.80. The van der Waals surface area contributed by atoms with E-state index in [0.717, 1.165) is 0 Å². The Bertz CT molecular complexity index is 502. The van der Waals surface area contributed by atoms with Gasteiger partial charge in [0.2, 0.25) is 15.9 Å². The number of sulfonamides is 1. The first-order valence-electron chi connectivity index (χ1n) is 4.97. The lowest BCUT2D eigenvalue weighted by molar-refractivity contribution is -0.119. The van der Waals surface area contributed by atoms with Gasteiger partial charge in [-0.3, -0.25) is 4.79 Å². The molecule has 0 aliphatic heterocycles. The van der Waals surface area contributed by atoms with Crippen LogP contribution >= 0.6 is 15.9 Å². The number of carbonyl (C=O) groups excluding carboxylic acids is 1. The van der Waals surface area contributed by atoms with Gasteiger partial charge in [0.15, 0.2) is 0 Å². The second kappa shape index (κ2) is 6.13. The van der Waals surface area contributed by atoms with Crippen molar-refractivity contribution in [2.24, 2.45) is 0 Å². The molecular weight excluding hydrogens is 308 g/mol. The van der Waals surface area contributed by atoms with E-state index >= 15 is 0 Å². The fourth-order valence-electron chi connectivity index (χ4n) is 1.14. The molecule has 7 heteroatoms. The van der Waals surface area contributed by atoms with E-state index in [1.807, 2.05) is 0 Å². The summed E-state index contributed by atoms with van der Waals surface area (Å²) in [4.78, 5) is 11.3. The first-order chi connectivity index (χ1) is 7.95. The van der Waals surface area contributed by atoms with Gasteiger partial charge in [-0.05, 0) is 25.1 Å². The van der Waals surface area contributed by atoms with Gasteiger partial charge in [0.05, 0.1) is 11.4 Å². The maximum Gasteiger partial charge on any atom is 0.241 e. The SMILES string of the molecule is CCNC(=O)CNS(=O)(=O)c1cccc(Br)c1. The summed E-state index contributed by atoms with van der Waals surface area (Å²) in [7, 11) is -3.64. The predicted molar refractivity (Wildman–Crippen MR) is 68.0 cm³/mol. The summed E-state index contributed by atoms with van der Waals surface area (Å²) < 4.78 is 26.5. The van der Waals surface area contributed by atoms with Gasteiger partial charge in [0, 0.05) is 11.0 Å². The van der Waals surface area contributed by atoms with Gasteiger partial charge in [-0.2, -0.15) is 0 Å². The minimum absolute atomic E-state index is 0.121. The molecule has 0 saturated heterocycles. The molecule has 1 rings (SSSR count). The first kappa shape index (κ1) is 14.1. The largest absolute Gasteiger partial charge is 0.355 e. The van der Waals surface area contributed by atoms with Gasteiger partial charge in [-0.15, -0.1) is 0 Å². The van der Waals surface area contributed by atoms with Crippen LogP contribution in [0.25, 0.3) is 0 Å². The molecule has 5 nitrogen and oxygen atoms in total. The van der Waals surface area contributed by atoms with Crippen molar-refractivity contribution in [2.45, 2.75) is 11.8 Å². The Kier molecular flexibility index (Phi) is 5.10. The summed E-state index contributed by atoms with van der Waals surface area (Å²) in [6, 6.07) is 6.28. The van der Waals surface area contributed by atoms with Gasteiger partial charge in [0.1, 0.15) is 0 Å². The quantitative estimate of drug-likeness (QED) is 0.845. The summed E-state index contributed by atoms with van der Waals surface area (Å²) >= 11 is 3.19. The molecule has 94 valence electrons. The lowest BCUT2D eigenvalue weighted by Gasteiger charge is -2.06.